The first-order valence-corrected chi connectivity index (χ1v) is 13.3. The van der Waals surface area contributed by atoms with E-state index in [0.717, 1.165) is 61.5 Å². The molecule has 1 aliphatic heterocycles. The highest BCUT2D eigenvalue weighted by atomic mass is 16.5. The van der Waals surface area contributed by atoms with E-state index in [1.54, 1.807) is 11.8 Å². The predicted octanol–water partition coefficient (Wildman–Crippen LogP) is 3.02. The van der Waals surface area contributed by atoms with Gasteiger partial charge in [0.1, 0.15) is 11.3 Å². The summed E-state index contributed by atoms with van der Waals surface area (Å²) < 4.78 is 11.7. The van der Waals surface area contributed by atoms with Gasteiger partial charge < -0.3 is 24.5 Å². The van der Waals surface area contributed by atoms with Crippen LogP contribution in [0, 0.1) is 12.8 Å². The first-order chi connectivity index (χ1) is 17.2. The number of aryl methyl sites for hydroxylation is 2. The van der Waals surface area contributed by atoms with Gasteiger partial charge in [-0.1, -0.05) is 12.8 Å². The van der Waals surface area contributed by atoms with E-state index < -0.39 is 11.7 Å². The predicted molar refractivity (Wildman–Crippen MR) is 135 cm³/mol. The van der Waals surface area contributed by atoms with Crippen LogP contribution in [0.15, 0.2) is 21.3 Å². The van der Waals surface area contributed by atoms with Gasteiger partial charge in [-0.15, -0.1) is 0 Å². The summed E-state index contributed by atoms with van der Waals surface area (Å²) in [6.07, 6.45) is 7.04. The molecule has 0 unspecified atom stereocenters. The zero-order valence-corrected chi connectivity index (χ0v) is 21.2. The van der Waals surface area contributed by atoms with Crippen molar-refractivity contribution in [2.75, 3.05) is 19.6 Å². The van der Waals surface area contributed by atoms with E-state index in [0.29, 0.717) is 42.8 Å². The van der Waals surface area contributed by atoms with Gasteiger partial charge in [-0.3, -0.25) is 9.59 Å². The number of nitrogens with zero attached hydrogens (tertiary/aromatic N) is 1. The molecular weight excluding hydrogens is 460 g/mol. The number of nitrogens with one attached hydrogen (secondary N) is 1. The summed E-state index contributed by atoms with van der Waals surface area (Å²) in [4.78, 5) is 39.9. The van der Waals surface area contributed by atoms with Crippen molar-refractivity contribution < 1.29 is 23.8 Å². The van der Waals surface area contributed by atoms with E-state index in [9.17, 15) is 19.5 Å². The highest BCUT2D eigenvalue weighted by Crippen LogP contribution is 2.40. The molecule has 2 aromatic rings. The second-order valence-corrected chi connectivity index (χ2v) is 10.8. The fourth-order valence-corrected chi connectivity index (χ4v) is 6.22. The molecule has 0 bridgehead atoms. The van der Waals surface area contributed by atoms with Crippen LogP contribution in [0.1, 0.15) is 68.6 Å². The lowest BCUT2D eigenvalue weighted by atomic mass is 9.71. The maximum absolute atomic E-state index is 12.9. The molecule has 1 aromatic carbocycles. The number of carbonyl (C=O) groups excluding carboxylic acids is 2. The molecule has 194 valence electrons. The molecule has 8 nitrogen and oxygen atoms in total. The van der Waals surface area contributed by atoms with Crippen LogP contribution in [0.3, 0.4) is 0 Å². The Labute approximate surface area is 211 Å². The molecule has 0 spiro atoms. The van der Waals surface area contributed by atoms with Crippen molar-refractivity contribution in [2.45, 2.75) is 83.3 Å². The minimum atomic E-state index is -0.834. The Morgan fingerprint density at radius 3 is 2.78 bits per heavy atom. The molecule has 0 radical (unpaired) electrons. The largest absolute Gasteiger partial charge is 0.480 e. The Morgan fingerprint density at radius 2 is 1.97 bits per heavy atom. The van der Waals surface area contributed by atoms with E-state index in [1.165, 1.54) is 0 Å². The molecule has 36 heavy (non-hydrogen) atoms. The maximum Gasteiger partial charge on any atom is 0.339 e. The number of piperidine rings is 1. The van der Waals surface area contributed by atoms with Crippen molar-refractivity contribution in [3.63, 3.8) is 0 Å². The van der Waals surface area contributed by atoms with Crippen LogP contribution in [-0.4, -0.2) is 53.2 Å². The summed E-state index contributed by atoms with van der Waals surface area (Å²) >= 11 is 0. The molecule has 8 heteroatoms. The molecule has 3 atom stereocenters. The number of hydrogen-bond donors (Lipinski definition) is 2. The lowest BCUT2D eigenvalue weighted by molar-refractivity contribution is -0.144. The molecule has 1 aromatic heterocycles. The average Bonchev–Trinajstić information content (AvgIpc) is 2.86. The van der Waals surface area contributed by atoms with Crippen LogP contribution in [0.5, 0.6) is 5.75 Å². The Bertz CT molecular complexity index is 1240. The van der Waals surface area contributed by atoms with Crippen molar-refractivity contribution >= 4 is 22.8 Å². The third-order valence-corrected chi connectivity index (χ3v) is 8.30. The van der Waals surface area contributed by atoms with Gasteiger partial charge in [-0.05, 0) is 82.1 Å². The number of amides is 2. The first-order valence-electron chi connectivity index (χ1n) is 13.3. The van der Waals surface area contributed by atoms with Gasteiger partial charge in [-0.25, -0.2) is 4.79 Å². The summed E-state index contributed by atoms with van der Waals surface area (Å²) in [5, 5.41) is 14.3. The summed E-state index contributed by atoms with van der Waals surface area (Å²) in [7, 11) is 0. The number of benzene rings is 1. The third kappa shape index (κ3) is 4.75. The fourth-order valence-electron chi connectivity index (χ4n) is 6.22. The monoisotopic (exact) mass is 496 g/mol. The van der Waals surface area contributed by atoms with Crippen molar-refractivity contribution in [2.24, 2.45) is 5.92 Å². The number of aliphatic hydroxyl groups is 1. The molecule has 2 aliphatic carbocycles. The maximum atomic E-state index is 12.9. The molecule has 2 heterocycles. The summed E-state index contributed by atoms with van der Waals surface area (Å²) in [5.41, 5.74) is 2.07. The second kappa shape index (κ2) is 9.88. The molecule has 2 fully saturated rings. The molecular formula is C28H36N2O6. The van der Waals surface area contributed by atoms with Gasteiger partial charge in [0, 0.05) is 24.6 Å². The average molecular weight is 497 g/mol. The molecule has 1 saturated heterocycles. The van der Waals surface area contributed by atoms with Crippen molar-refractivity contribution in [3.05, 3.63) is 39.2 Å². The second-order valence-electron chi connectivity index (χ2n) is 10.8. The van der Waals surface area contributed by atoms with E-state index >= 15 is 0 Å². The Morgan fingerprint density at radius 1 is 1.19 bits per heavy atom. The quantitative estimate of drug-likeness (QED) is 0.616. The number of hydrogen-bond acceptors (Lipinski definition) is 6. The topological polar surface area (TPSA) is 109 Å². The van der Waals surface area contributed by atoms with Gasteiger partial charge in [0.2, 0.25) is 5.91 Å². The first kappa shape index (κ1) is 24.8. The van der Waals surface area contributed by atoms with Gasteiger partial charge in [-0.2, -0.15) is 0 Å². The molecule has 2 amide bonds. The van der Waals surface area contributed by atoms with Gasteiger partial charge >= 0.3 is 5.63 Å². The van der Waals surface area contributed by atoms with Gasteiger partial charge in [0.05, 0.1) is 17.5 Å². The smallest absolute Gasteiger partial charge is 0.339 e. The summed E-state index contributed by atoms with van der Waals surface area (Å²) in [5.74, 6) is 0.117. The third-order valence-electron chi connectivity index (χ3n) is 8.30. The van der Waals surface area contributed by atoms with Crippen LogP contribution in [-0.2, 0) is 22.4 Å². The Balaban J connectivity index is 1.25. The SMILES string of the molecule is Cc1cc(O[C@@H](C)C(=O)NCC(=O)N2CC[C@@]3(O)CCCC[C@H]3C2)c2c3c(c(=O)oc2c1)CCCC3. The number of rotatable bonds is 5. The summed E-state index contributed by atoms with van der Waals surface area (Å²) in [6, 6.07) is 3.69. The highest BCUT2D eigenvalue weighted by Gasteiger charge is 2.43. The van der Waals surface area contributed by atoms with Crippen LogP contribution < -0.4 is 15.7 Å². The van der Waals surface area contributed by atoms with E-state index in [4.69, 9.17) is 9.15 Å². The standard InChI is InChI=1S/C28H36N2O6/c1-17-13-22(25-20-8-3-4-9-21(20)27(33)36-23(25)14-17)35-18(2)26(32)29-15-24(31)30-12-11-28(34)10-6-5-7-19(28)16-30/h13-14,18-19,34H,3-12,15-16H2,1-2H3,(H,29,32)/t18-,19-,28-/m0/s1. The van der Waals surface area contributed by atoms with Crippen LogP contribution >= 0.6 is 0 Å². The van der Waals surface area contributed by atoms with E-state index in [-0.39, 0.29) is 29.9 Å². The van der Waals surface area contributed by atoms with Crippen molar-refractivity contribution in [1.29, 1.82) is 0 Å². The minimum Gasteiger partial charge on any atom is -0.480 e. The zero-order chi connectivity index (χ0) is 25.4. The zero-order valence-electron chi connectivity index (χ0n) is 21.2. The number of likely N-dealkylation sites (tertiary alicyclic amines) is 1. The highest BCUT2D eigenvalue weighted by molar-refractivity contribution is 5.90. The normalized spacial score (nSPS) is 24.5. The van der Waals surface area contributed by atoms with Crippen LogP contribution in [0.4, 0.5) is 0 Å². The van der Waals surface area contributed by atoms with Crippen LogP contribution in [0.25, 0.3) is 11.0 Å². The molecule has 1 saturated carbocycles. The summed E-state index contributed by atoms with van der Waals surface area (Å²) in [6.45, 7) is 4.50. The van der Waals surface area contributed by atoms with E-state index in [1.807, 2.05) is 19.1 Å². The molecule has 3 aliphatic rings. The lowest BCUT2D eigenvalue weighted by Crippen LogP contribution is -2.56. The van der Waals surface area contributed by atoms with Gasteiger partial charge in [0.15, 0.2) is 6.10 Å². The fraction of sp³-hybridized carbons (Fsp3) is 0.607. The van der Waals surface area contributed by atoms with Crippen LogP contribution in [0.2, 0.25) is 0 Å². The Hall–Kier alpha value is -2.87. The number of carbonyl (C=O) groups is 2. The Kier molecular flexibility index (Phi) is 6.81. The number of fused-ring (bicyclic) bond motifs is 4. The number of ether oxygens (including phenoxy) is 1. The lowest BCUT2D eigenvalue weighted by Gasteiger charge is -2.47. The van der Waals surface area contributed by atoms with Crippen molar-refractivity contribution in [3.8, 4) is 5.75 Å². The molecule has 2 N–H and O–H groups in total. The molecule has 5 rings (SSSR count). The minimum absolute atomic E-state index is 0.101. The van der Waals surface area contributed by atoms with E-state index in [2.05, 4.69) is 5.32 Å². The van der Waals surface area contributed by atoms with Gasteiger partial charge in [0.25, 0.3) is 5.91 Å². The van der Waals surface area contributed by atoms with Crippen molar-refractivity contribution in [1.82, 2.24) is 10.2 Å².